The second kappa shape index (κ2) is 6.20. The summed E-state index contributed by atoms with van der Waals surface area (Å²) in [5, 5.41) is 3.63. The first-order valence-electron chi connectivity index (χ1n) is 5.87. The van der Waals surface area contributed by atoms with Gasteiger partial charge in [-0.1, -0.05) is 29.3 Å². The minimum atomic E-state index is 0.362. The van der Waals surface area contributed by atoms with Gasteiger partial charge in [0.2, 0.25) is 0 Å². The van der Waals surface area contributed by atoms with E-state index < -0.39 is 0 Å². The number of aryl methyl sites for hydroxylation is 1. The normalized spacial score (nSPS) is 11.4. The van der Waals surface area contributed by atoms with E-state index in [9.17, 15) is 0 Å². The van der Waals surface area contributed by atoms with Crippen molar-refractivity contribution in [3.8, 4) is 0 Å². The quantitative estimate of drug-likeness (QED) is 0.668. The van der Waals surface area contributed by atoms with Crippen LogP contribution < -0.4 is 11.1 Å². The van der Waals surface area contributed by atoms with E-state index in [1.54, 1.807) is 12.3 Å². The number of hydrogen-bond donors (Lipinski definition) is 2. The highest BCUT2D eigenvalue weighted by Gasteiger charge is 1.96. The van der Waals surface area contributed by atoms with E-state index in [0.29, 0.717) is 17.5 Å². The van der Waals surface area contributed by atoms with Crippen molar-refractivity contribution in [2.24, 2.45) is 10.7 Å². The van der Waals surface area contributed by atoms with Gasteiger partial charge in [-0.25, -0.2) is 4.99 Å². The van der Waals surface area contributed by atoms with Gasteiger partial charge in [0.25, 0.3) is 0 Å². The average Bonchev–Trinajstić information content (AvgIpc) is 2.41. The van der Waals surface area contributed by atoms with E-state index in [0.717, 1.165) is 11.4 Å². The summed E-state index contributed by atoms with van der Waals surface area (Å²) in [4.78, 5) is 8.37. The third kappa shape index (κ3) is 4.26. The fraction of sp³-hybridized carbons (Fsp3) is 0.143. The zero-order chi connectivity index (χ0) is 13.7. The standard InChI is InChI=1S/C14H15ClN4/c1-10-2-5-12(6-3-10)19-14(16)18-9-13-7-4-11(15)8-17-13/h2-8H,9H2,1H3,(H3,16,18,19). The summed E-state index contributed by atoms with van der Waals surface area (Å²) in [6.45, 7) is 2.45. The molecule has 5 heteroatoms. The van der Waals surface area contributed by atoms with E-state index in [1.165, 1.54) is 5.56 Å². The van der Waals surface area contributed by atoms with E-state index in [4.69, 9.17) is 17.3 Å². The largest absolute Gasteiger partial charge is 0.370 e. The van der Waals surface area contributed by atoms with Crippen LogP contribution in [0, 0.1) is 6.92 Å². The molecule has 0 aliphatic carbocycles. The average molecular weight is 275 g/mol. The number of hydrogen-bond acceptors (Lipinski definition) is 2. The minimum absolute atomic E-state index is 0.362. The van der Waals surface area contributed by atoms with Gasteiger partial charge in [-0.05, 0) is 31.2 Å². The summed E-state index contributed by atoms with van der Waals surface area (Å²) < 4.78 is 0. The molecule has 0 fully saturated rings. The number of anilines is 1. The van der Waals surface area contributed by atoms with Crippen LogP contribution in [-0.4, -0.2) is 10.9 Å². The highest BCUT2D eigenvalue weighted by molar-refractivity contribution is 6.30. The molecular formula is C14H15ClN4. The number of nitrogens with one attached hydrogen (secondary N) is 1. The summed E-state index contributed by atoms with van der Waals surface area (Å²) in [7, 11) is 0. The molecule has 0 bridgehead atoms. The molecule has 2 rings (SSSR count). The van der Waals surface area contributed by atoms with E-state index in [-0.39, 0.29) is 0 Å². The Labute approximate surface area is 117 Å². The van der Waals surface area contributed by atoms with Gasteiger partial charge < -0.3 is 11.1 Å². The lowest BCUT2D eigenvalue weighted by Gasteiger charge is -2.05. The Bertz CT molecular complexity index is 561. The highest BCUT2D eigenvalue weighted by atomic mass is 35.5. The van der Waals surface area contributed by atoms with Crippen LogP contribution in [0.1, 0.15) is 11.3 Å². The molecule has 0 saturated heterocycles. The third-order valence-corrected chi connectivity index (χ3v) is 2.75. The number of nitrogens with zero attached hydrogens (tertiary/aromatic N) is 2. The molecule has 0 atom stereocenters. The molecule has 3 N–H and O–H groups in total. The lowest BCUT2D eigenvalue weighted by atomic mass is 10.2. The molecule has 1 heterocycles. The molecular weight excluding hydrogens is 260 g/mol. The molecule has 0 radical (unpaired) electrons. The third-order valence-electron chi connectivity index (χ3n) is 2.52. The maximum atomic E-state index is 5.81. The first-order chi connectivity index (χ1) is 9.13. The Hall–Kier alpha value is -2.07. The zero-order valence-corrected chi connectivity index (χ0v) is 11.4. The Kier molecular flexibility index (Phi) is 4.36. The Morgan fingerprint density at radius 1 is 1.26 bits per heavy atom. The number of aliphatic imine (C=N–C) groups is 1. The van der Waals surface area contributed by atoms with E-state index in [1.807, 2.05) is 37.3 Å². The molecule has 0 unspecified atom stereocenters. The van der Waals surface area contributed by atoms with Gasteiger partial charge in [0, 0.05) is 11.9 Å². The van der Waals surface area contributed by atoms with Crippen molar-refractivity contribution < 1.29 is 0 Å². The molecule has 0 amide bonds. The molecule has 2 aromatic rings. The molecule has 1 aromatic heterocycles. The molecule has 98 valence electrons. The van der Waals surface area contributed by atoms with Crippen LogP contribution >= 0.6 is 11.6 Å². The SMILES string of the molecule is Cc1ccc(NC(N)=NCc2ccc(Cl)cn2)cc1. The second-order valence-corrected chi connectivity index (χ2v) is 4.60. The number of halogens is 1. The number of nitrogens with two attached hydrogens (primary N) is 1. The first-order valence-corrected chi connectivity index (χ1v) is 6.25. The minimum Gasteiger partial charge on any atom is -0.370 e. The number of benzene rings is 1. The van der Waals surface area contributed by atoms with Crippen molar-refractivity contribution in [1.82, 2.24) is 4.98 Å². The maximum Gasteiger partial charge on any atom is 0.193 e. The van der Waals surface area contributed by atoms with Crippen LogP contribution in [0.5, 0.6) is 0 Å². The lowest BCUT2D eigenvalue weighted by molar-refractivity contribution is 0.985. The maximum absolute atomic E-state index is 5.81. The number of rotatable bonds is 3. The summed E-state index contributed by atoms with van der Waals surface area (Å²) >= 11 is 5.76. The van der Waals surface area contributed by atoms with Gasteiger partial charge in [0.05, 0.1) is 17.3 Å². The van der Waals surface area contributed by atoms with Crippen molar-refractivity contribution in [2.75, 3.05) is 5.32 Å². The van der Waals surface area contributed by atoms with Crippen LogP contribution in [0.4, 0.5) is 5.69 Å². The summed E-state index contributed by atoms with van der Waals surface area (Å²) in [6.07, 6.45) is 1.59. The lowest BCUT2D eigenvalue weighted by Crippen LogP contribution is -2.22. The predicted molar refractivity (Wildman–Crippen MR) is 79.4 cm³/mol. The number of aromatic nitrogens is 1. The van der Waals surface area contributed by atoms with Gasteiger partial charge in [-0.15, -0.1) is 0 Å². The zero-order valence-electron chi connectivity index (χ0n) is 10.6. The fourth-order valence-electron chi connectivity index (χ4n) is 1.49. The molecule has 0 saturated carbocycles. The van der Waals surface area contributed by atoms with Crippen molar-refractivity contribution in [3.63, 3.8) is 0 Å². The monoisotopic (exact) mass is 274 g/mol. The van der Waals surface area contributed by atoms with E-state index >= 15 is 0 Å². The van der Waals surface area contributed by atoms with Gasteiger partial charge in [0.15, 0.2) is 5.96 Å². The summed E-state index contributed by atoms with van der Waals surface area (Å²) in [5.41, 5.74) is 8.74. The molecule has 0 aliphatic heterocycles. The molecule has 4 nitrogen and oxygen atoms in total. The van der Waals surface area contributed by atoms with Crippen LogP contribution in [-0.2, 0) is 6.54 Å². The van der Waals surface area contributed by atoms with E-state index in [2.05, 4.69) is 15.3 Å². The fourth-order valence-corrected chi connectivity index (χ4v) is 1.60. The van der Waals surface area contributed by atoms with Crippen LogP contribution in [0.2, 0.25) is 5.02 Å². The van der Waals surface area contributed by atoms with Gasteiger partial charge >= 0.3 is 0 Å². The summed E-state index contributed by atoms with van der Waals surface area (Å²) in [6, 6.07) is 11.5. The van der Waals surface area contributed by atoms with Gasteiger partial charge in [-0.3, -0.25) is 4.98 Å². The molecule has 19 heavy (non-hydrogen) atoms. The Balaban J connectivity index is 1.95. The molecule has 1 aromatic carbocycles. The van der Waals surface area contributed by atoms with Crippen molar-refractivity contribution in [2.45, 2.75) is 13.5 Å². The van der Waals surface area contributed by atoms with Crippen molar-refractivity contribution in [1.29, 1.82) is 0 Å². The Morgan fingerprint density at radius 2 is 2.00 bits per heavy atom. The topological polar surface area (TPSA) is 63.3 Å². The van der Waals surface area contributed by atoms with Crippen molar-refractivity contribution in [3.05, 3.63) is 58.9 Å². The van der Waals surface area contributed by atoms with Crippen molar-refractivity contribution >= 4 is 23.2 Å². The van der Waals surface area contributed by atoms with Gasteiger partial charge in [0.1, 0.15) is 0 Å². The smallest absolute Gasteiger partial charge is 0.193 e. The van der Waals surface area contributed by atoms with Gasteiger partial charge in [-0.2, -0.15) is 0 Å². The molecule has 0 aliphatic rings. The Morgan fingerprint density at radius 3 is 2.63 bits per heavy atom. The number of pyridine rings is 1. The van der Waals surface area contributed by atoms with Crippen LogP contribution in [0.15, 0.2) is 47.6 Å². The predicted octanol–water partition coefficient (Wildman–Crippen LogP) is 2.97. The summed E-state index contributed by atoms with van der Waals surface area (Å²) in [5.74, 6) is 0.362. The number of guanidine groups is 1. The van der Waals surface area contributed by atoms with Crippen LogP contribution in [0.25, 0.3) is 0 Å². The molecule has 0 spiro atoms. The highest BCUT2D eigenvalue weighted by Crippen LogP contribution is 2.09. The van der Waals surface area contributed by atoms with Crippen LogP contribution in [0.3, 0.4) is 0 Å². The second-order valence-electron chi connectivity index (χ2n) is 4.16. The first kappa shape index (κ1) is 13.4.